The van der Waals surface area contributed by atoms with E-state index in [1.54, 1.807) is 0 Å². The van der Waals surface area contributed by atoms with E-state index in [1.165, 1.54) is 0 Å². The minimum Gasteiger partial charge on any atom is -0.394 e. The normalized spacial score (nSPS) is 26.8. The highest BCUT2D eigenvalue weighted by Crippen LogP contribution is 2.32. The van der Waals surface area contributed by atoms with Gasteiger partial charge in [-0.1, -0.05) is 19.8 Å². The fourth-order valence-corrected chi connectivity index (χ4v) is 3.00. The summed E-state index contributed by atoms with van der Waals surface area (Å²) in [5, 5.41) is 12.8. The molecule has 1 aliphatic rings. The SMILES string of the molecule is CC1CCCC(CO)(NCc2cc(F)c(F)cc2F)C1. The molecule has 20 heavy (non-hydrogen) atoms. The van der Waals surface area contributed by atoms with Crippen molar-refractivity contribution in [2.45, 2.75) is 44.7 Å². The van der Waals surface area contributed by atoms with Gasteiger partial charge in [-0.05, 0) is 24.8 Å². The van der Waals surface area contributed by atoms with E-state index >= 15 is 0 Å². The molecule has 1 saturated carbocycles. The third kappa shape index (κ3) is 3.33. The Morgan fingerprint density at radius 1 is 1.25 bits per heavy atom. The maximum absolute atomic E-state index is 13.6. The third-order valence-corrected chi connectivity index (χ3v) is 4.14. The van der Waals surface area contributed by atoms with Crippen molar-refractivity contribution in [2.24, 2.45) is 5.92 Å². The Kier molecular flexibility index (Phi) is 4.70. The summed E-state index contributed by atoms with van der Waals surface area (Å²) < 4.78 is 39.6. The molecule has 0 aromatic heterocycles. The summed E-state index contributed by atoms with van der Waals surface area (Å²) in [4.78, 5) is 0. The van der Waals surface area contributed by atoms with Gasteiger partial charge in [-0.25, -0.2) is 13.2 Å². The molecular formula is C15H20F3NO. The molecule has 0 saturated heterocycles. The van der Waals surface area contributed by atoms with Crippen molar-refractivity contribution in [3.8, 4) is 0 Å². The molecule has 2 nitrogen and oxygen atoms in total. The zero-order chi connectivity index (χ0) is 14.8. The fraction of sp³-hybridized carbons (Fsp3) is 0.600. The maximum Gasteiger partial charge on any atom is 0.161 e. The molecule has 2 rings (SSSR count). The molecular weight excluding hydrogens is 267 g/mol. The molecule has 1 aromatic rings. The zero-order valence-corrected chi connectivity index (χ0v) is 11.6. The van der Waals surface area contributed by atoms with Crippen LogP contribution in [0.4, 0.5) is 13.2 Å². The topological polar surface area (TPSA) is 32.3 Å². The summed E-state index contributed by atoms with van der Waals surface area (Å²) in [7, 11) is 0. The standard InChI is InChI=1S/C15H20F3NO/c1-10-3-2-4-15(7-10,9-20)19-8-11-5-13(17)14(18)6-12(11)16/h5-6,10,19-20H,2-4,7-9H2,1H3. The van der Waals surface area contributed by atoms with Crippen molar-refractivity contribution in [3.05, 3.63) is 35.1 Å². The molecule has 0 aliphatic heterocycles. The maximum atomic E-state index is 13.6. The zero-order valence-electron chi connectivity index (χ0n) is 11.6. The van der Waals surface area contributed by atoms with Gasteiger partial charge in [0.2, 0.25) is 0 Å². The van der Waals surface area contributed by atoms with Crippen molar-refractivity contribution in [1.82, 2.24) is 5.32 Å². The molecule has 0 radical (unpaired) electrons. The molecule has 0 heterocycles. The van der Waals surface area contributed by atoms with Gasteiger partial charge in [0.25, 0.3) is 0 Å². The molecule has 5 heteroatoms. The monoisotopic (exact) mass is 287 g/mol. The molecule has 1 aromatic carbocycles. The lowest BCUT2D eigenvalue weighted by Crippen LogP contribution is -2.51. The van der Waals surface area contributed by atoms with Crippen LogP contribution in [0.3, 0.4) is 0 Å². The van der Waals surface area contributed by atoms with E-state index < -0.39 is 23.0 Å². The predicted octanol–water partition coefficient (Wildman–Crippen LogP) is 3.13. The van der Waals surface area contributed by atoms with Crippen LogP contribution in [0.1, 0.15) is 38.2 Å². The van der Waals surface area contributed by atoms with Gasteiger partial charge in [-0.3, -0.25) is 0 Å². The minimum absolute atomic E-state index is 0.0391. The van der Waals surface area contributed by atoms with Gasteiger partial charge in [-0.15, -0.1) is 0 Å². The number of rotatable bonds is 4. The lowest BCUT2D eigenvalue weighted by atomic mass is 9.77. The van der Waals surface area contributed by atoms with Crippen molar-refractivity contribution in [1.29, 1.82) is 0 Å². The number of halogens is 3. The van der Waals surface area contributed by atoms with Crippen molar-refractivity contribution in [2.75, 3.05) is 6.61 Å². The summed E-state index contributed by atoms with van der Waals surface area (Å²) >= 11 is 0. The predicted molar refractivity (Wildman–Crippen MR) is 70.6 cm³/mol. The van der Waals surface area contributed by atoms with Crippen LogP contribution in [0.25, 0.3) is 0 Å². The summed E-state index contributed by atoms with van der Waals surface area (Å²) in [6, 6.07) is 1.43. The highest BCUT2D eigenvalue weighted by atomic mass is 19.2. The molecule has 0 spiro atoms. The quantitative estimate of drug-likeness (QED) is 0.834. The van der Waals surface area contributed by atoms with Crippen LogP contribution in [0.5, 0.6) is 0 Å². The Morgan fingerprint density at radius 2 is 1.95 bits per heavy atom. The Morgan fingerprint density at radius 3 is 2.60 bits per heavy atom. The van der Waals surface area contributed by atoms with Gasteiger partial charge >= 0.3 is 0 Å². The number of hydrogen-bond acceptors (Lipinski definition) is 2. The third-order valence-electron chi connectivity index (χ3n) is 4.14. The van der Waals surface area contributed by atoms with Crippen molar-refractivity contribution in [3.63, 3.8) is 0 Å². The van der Waals surface area contributed by atoms with E-state index in [1.807, 2.05) is 0 Å². The average Bonchev–Trinajstić information content (AvgIpc) is 2.41. The smallest absolute Gasteiger partial charge is 0.161 e. The molecule has 2 N–H and O–H groups in total. The van der Waals surface area contributed by atoms with Gasteiger partial charge < -0.3 is 10.4 Å². The van der Waals surface area contributed by atoms with Crippen LogP contribution < -0.4 is 5.32 Å². The first-order chi connectivity index (χ1) is 9.46. The molecule has 2 unspecified atom stereocenters. The minimum atomic E-state index is -1.19. The summed E-state index contributed by atoms with van der Waals surface area (Å²) in [5.41, 5.74) is -0.371. The molecule has 0 amide bonds. The number of aliphatic hydroxyl groups excluding tert-OH is 1. The van der Waals surface area contributed by atoms with Gasteiger partial charge in [0, 0.05) is 23.7 Å². The van der Waals surface area contributed by atoms with E-state index in [2.05, 4.69) is 12.2 Å². The lowest BCUT2D eigenvalue weighted by Gasteiger charge is -2.39. The van der Waals surface area contributed by atoms with Crippen LogP contribution in [-0.4, -0.2) is 17.3 Å². The van der Waals surface area contributed by atoms with Crippen LogP contribution in [0.2, 0.25) is 0 Å². The summed E-state index contributed by atoms with van der Waals surface area (Å²) in [5.74, 6) is -2.53. The van der Waals surface area contributed by atoms with Gasteiger partial charge in [0.1, 0.15) is 5.82 Å². The summed E-state index contributed by atoms with van der Waals surface area (Å²) in [6.07, 6.45) is 3.71. The van der Waals surface area contributed by atoms with E-state index in [-0.39, 0.29) is 18.7 Å². The van der Waals surface area contributed by atoms with E-state index in [9.17, 15) is 18.3 Å². The molecule has 2 atom stereocenters. The van der Waals surface area contributed by atoms with Crippen molar-refractivity contribution < 1.29 is 18.3 Å². The fourth-order valence-electron chi connectivity index (χ4n) is 3.00. The van der Waals surface area contributed by atoms with Crippen LogP contribution in [0, 0.1) is 23.4 Å². The second kappa shape index (κ2) is 6.14. The Labute approximate surface area is 117 Å². The number of hydrogen-bond donors (Lipinski definition) is 2. The Balaban J connectivity index is 2.08. The van der Waals surface area contributed by atoms with Gasteiger partial charge in [0.15, 0.2) is 11.6 Å². The number of aliphatic hydroxyl groups is 1. The Bertz CT molecular complexity index is 480. The van der Waals surface area contributed by atoms with Crippen LogP contribution in [0.15, 0.2) is 12.1 Å². The van der Waals surface area contributed by atoms with Crippen LogP contribution in [-0.2, 0) is 6.54 Å². The molecule has 112 valence electrons. The van der Waals surface area contributed by atoms with Crippen molar-refractivity contribution >= 4 is 0 Å². The second-order valence-electron chi connectivity index (χ2n) is 5.85. The first-order valence-electron chi connectivity index (χ1n) is 6.95. The molecule has 1 aliphatic carbocycles. The first kappa shape index (κ1) is 15.3. The number of nitrogens with one attached hydrogen (secondary N) is 1. The van der Waals surface area contributed by atoms with E-state index in [0.717, 1.165) is 31.7 Å². The molecule has 1 fully saturated rings. The van der Waals surface area contributed by atoms with Gasteiger partial charge in [0.05, 0.1) is 6.61 Å². The highest BCUT2D eigenvalue weighted by molar-refractivity contribution is 5.20. The highest BCUT2D eigenvalue weighted by Gasteiger charge is 2.34. The first-order valence-corrected chi connectivity index (χ1v) is 6.95. The molecule has 0 bridgehead atoms. The van der Waals surface area contributed by atoms with Crippen LogP contribution >= 0.6 is 0 Å². The second-order valence-corrected chi connectivity index (χ2v) is 5.85. The largest absolute Gasteiger partial charge is 0.394 e. The van der Waals surface area contributed by atoms with Gasteiger partial charge in [-0.2, -0.15) is 0 Å². The summed E-state index contributed by atoms with van der Waals surface area (Å²) in [6.45, 7) is 2.16. The Hall–Kier alpha value is -1.07. The van der Waals surface area contributed by atoms with E-state index in [0.29, 0.717) is 12.0 Å². The average molecular weight is 287 g/mol. The lowest BCUT2D eigenvalue weighted by molar-refractivity contribution is 0.0979. The van der Waals surface area contributed by atoms with E-state index in [4.69, 9.17) is 0 Å². The number of benzene rings is 1.